The van der Waals surface area contributed by atoms with E-state index in [9.17, 15) is 0 Å². The van der Waals surface area contributed by atoms with E-state index in [2.05, 4.69) is 39.2 Å². The Morgan fingerprint density at radius 1 is 1.15 bits per heavy atom. The van der Waals surface area contributed by atoms with E-state index in [-0.39, 0.29) is 0 Å². The summed E-state index contributed by atoms with van der Waals surface area (Å²) in [7, 11) is 0. The predicted molar refractivity (Wildman–Crippen MR) is 94.1 cm³/mol. The second kappa shape index (κ2) is 9.22. The third kappa shape index (κ3) is 4.85. The molecule has 0 saturated carbocycles. The molecular formula is C17H28BrNS. The van der Waals surface area contributed by atoms with E-state index in [0.717, 1.165) is 0 Å². The number of alkyl halides is 1. The molecule has 0 aromatic carbocycles. The molecule has 1 aliphatic rings. The Bertz CT molecular complexity index is 377. The lowest BCUT2D eigenvalue weighted by atomic mass is 10.0. The van der Waals surface area contributed by atoms with Crippen molar-refractivity contribution >= 4 is 27.3 Å². The van der Waals surface area contributed by atoms with Crippen LogP contribution in [0.3, 0.4) is 0 Å². The summed E-state index contributed by atoms with van der Waals surface area (Å²) in [6, 6.07) is 2.98. The minimum atomic E-state index is 0.643. The molecule has 0 amide bonds. The highest BCUT2D eigenvalue weighted by molar-refractivity contribution is 9.09. The maximum atomic E-state index is 3.50. The Hall–Kier alpha value is 0.140. The van der Waals surface area contributed by atoms with Crippen LogP contribution in [0.5, 0.6) is 0 Å². The molecule has 1 aromatic rings. The molecule has 1 atom stereocenters. The number of hydrogen-bond acceptors (Lipinski definition) is 2. The first-order chi connectivity index (χ1) is 9.83. The standard InChI is InChI=1S/C17H28BrNS/c1-15-16-10-14-20-17(16)9-13-19(15)12-8-6-4-2-3-5-7-11-18/h10,14-15H,2-9,11-13H2,1H3. The summed E-state index contributed by atoms with van der Waals surface area (Å²) < 4.78 is 0. The lowest BCUT2D eigenvalue weighted by molar-refractivity contribution is 0.196. The Labute approximate surface area is 136 Å². The molecule has 3 heteroatoms. The molecule has 1 aromatic heterocycles. The minimum absolute atomic E-state index is 0.643. The first-order valence-corrected chi connectivity index (χ1v) is 10.2. The summed E-state index contributed by atoms with van der Waals surface area (Å²) in [5.41, 5.74) is 1.59. The molecule has 2 rings (SSSR count). The van der Waals surface area contributed by atoms with Crippen LogP contribution in [-0.4, -0.2) is 23.3 Å². The number of nitrogens with zero attached hydrogens (tertiary/aromatic N) is 1. The Morgan fingerprint density at radius 2 is 1.85 bits per heavy atom. The molecule has 20 heavy (non-hydrogen) atoms. The highest BCUT2D eigenvalue weighted by Gasteiger charge is 2.23. The van der Waals surface area contributed by atoms with Crippen molar-refractivity contribution in [2.45, 2.75) is 64.3 Å². The molecule has 0 radical (unpaired) electrons. The van der Waals surface area contributed by atoms with E-state index in [4.69, 9.17) is 0 Å². The maximum absolute atomic E-state index is 3.50. The van der Waals surface area contributed by atoms with Crippen LogP contribution in [0.4, 0.5) is 0 Å². The van der Waals surface area contributed by atoms with Gasteiger partial charge >= 0.3 is 0 Å². The van der Waals surface area contributed by atoms with Gasteiger partial charge in [0.15, 0.2) is 0 Å². The lowest BCUT2D eigenvalue weighted by Gasteiger charge is -2.33. The van der Waals surface area contributed by atoms with Gasteiger partial charge in [-0.15, -0.1) is 11.3 Å². The third-order valence-corrected chi connectivity index (χ3v) is 6.04. The molecular weight excluding hydrogens is 330 g/mol. The minimum Gasteiger partial charge on any atom is -0.296 e. The van der Waals surface area contributed by atoms with E-state index in [0.29, 0.717) is 6.04 Å². The summed E-state index contributed by atoms with van der Waals surface area (Å²) in [4.78, 5) is 4.31. The zero-order valence-corrected chi connectivity index (χ0v) is 15.1. The molecule has 1 aliphatic heterocycles. The normalized spacial score (nSPS) is 19.2. The fourth-order valence-electron chi connectivity index (χ4n) is 3.16. The fraction of sp³-hybridized carbons (Fsp3) is 0.765. The van der Waals surface area contributed by atoms with E-state index >= 15 is 0 Å². The summed E-state index contributed by atoms with van der Waals surface area (Å²) >= 11 is 5.44. The zero-order chi connectivity index (χ0) is 14.2. The van der Waals surface area contributed by atoms with Crippen LogP contribution in [0.2, 0.25) is 0 Å². The van der Waals surface area contributed by atoms with Gasteiger partial charge in [0.2, 0.25) is 0 Å². The molecule has 0 spiro atoms. The van der Waals surface area contributed by atoms with Gasteiger partial charge in [-0.3, -0.25) is 4.90 Å². The fourth-order valence-corrected chi connectivity index (χ4v) is 4.52. The van der Waals surface area contributed by atoms with E-state index in [1.54, 1.807) is 10.4 Å². The number of thiophene rings is 1. The summed E-state index contributed by atoms with van der Waals surface area (Å²) in [6.45, 7) is 4.93. The van der Waals surface area contributed by atoms with Crippen LogP contribution in [0.15, 0.2) is 11.4 Å². The highest BCUT2D eigenvalue weighted by atomic mass is 79.9. The first-order valence-electron chi connectivity index (χ1n) is 8.19. The second-order valence-corrected chi connectivity index (χ2v) is 7.72. The lowest BCUT2D eigenvalue weighted by Crippen LogP contribution is -2.33. The van der Waals surface area contributed by atoms with Gasteiger partial charge in [-0.1, -0.05) is 48.0 Å². The Kier molecular flexibility index (Phi) is 7.61. The Balaban J connectivity index is 1.57. The van der Waals surface area contributed by atoms with Gasteiger partial charge in [0.25, 0.3) is 0 Å². The van der Waals surface area contributed by atoms with E-state index in [1.165, 1.54) is 69.8 Å². The van der Waals surface area contributed by atoms with Gasteiger partial charge in [0.1, 0.15) is 0 Å². The zero-order valence-electron chi connectivity index (χ0n) is 12.7. The number of hydrogen-bond donors (Lipinski definition) is 0. The average Bonchev–Trinajstić information content (AvgIpc) is 2.93. The largest absolute Gasteiger partial charge is 0.296 e. The van der Waals surface area contributed by atoms with Gasteiger partial charge in [-0.05, 0) is 49.7 Å². The molecule has 114 valence electrons. The number of halogens is 1. The van der Waals surface area contributed by atoms with Crippen molar-refractivity contribution in [2.75, 3.05) is 18.4 Å². The molecule has 0 N–H and O–H groups in total. The van der Waals surface area contributed by atoms with Crippen molar-refractivity contribution in [3.8, 4) is 0 Å². The van der Waals surface area contributed by atoms with Gasteiger partial charge in [0.05, 0.1) is 0 Å². The van der Waals surface area contributed by atoms with E-state index < -0.39 is 0 Å². The molecule has 0 saturated heterocycles. The van der Waals surface area contributed by atoms with Crippen LogP contribution in [-0.2, 0) is 6.42 Å². The van der Waals surface area contributed by atoms with Gasteiger partial charge in [-0.25, -0.2) is 0 Å². The quantitative estimate of drug-likeness (QED) is 0.399. The predicted octanol–water partition coefficient (Wildman–Crippen LogP) is 5.79. The molecule has 0 aliphatic carbocycles. The van der Waals surface area contributed by atoms with Crippen molar-refractivity contribution in [3.05, 3.63) is 21.9 Å². The van der Waals surface area contributed by atoms with Crippen LogP contribution >= 0.6 is 27.3 Å². The van der Waals surface area contributed by atoms with Crippen LogP contribution in [0, 0.1) is 0 Å². The number of fused-ring (bicyclic) bond motifs is 1. The topological polar surface area (TPSA) is 3.24 Å². The SMILES string of the molecule is CC1c2ccsc2CCN1CCCCCCCCCBr. The molecule has 1 nitrogen and oxygen atoms in total. The monoisotopic (exact) mass is 357 g/mol. The maximum Gasteiger partial charge on any atom is 0.0331 e. The summed E-state index contributed by atoms with van der Waals surface area (Å²) in [5, 5.41) is 3.43. The molecule has 0 bridgehead atoms. The average molecular weight is 358 g/mol. The molecule has 0 fully saturated rings. The van der Waals surface area contributed by atoms with Crippen LogP contribution < -0.4 is 0 Å². The van der Waals surface area contributed by atoms with Crippen molar-refractivity contribution < 1.29 is 0 Å². The number of unbranched alkanes of at least 4 members (excludes halogenated alkanes) is 6. The first kappa shape index (κ1) is 16.5. The van der Waals surface area contributed by atoms with Gasteiger partial charge in [0, 0.05) is 22.8 Å². The van der Waals surface area contributed by atoms with E-state index in [1.807, 2.05) is 11.3 Å². The van der Waals surface area contributed by atoms with Crippen molar-refractivity contribution in [3.63, 3.8) is 0 Å². The third-order valence-electron chi connectivity index (χ3n) is 4.48. The molecule has 2 heterocycles. The van der Waals surface area contributed by atoms with Crippen molar-refractivity contribution in [1.29, 1.82) is 0 Å². The van der Waals surface area contributed by atoms with Gasteiger partial charge < -0.3 is 0 Å². The van der Waals surface area contributed by atoms with Crippen molar-refractivity contribution in [2.24, 2.45) is 0 Å². The van der Waals surface area contributed by atoms with Crippen LogP contribution in [0.1, 0.15) is 68.4 Å². The number of rotatable bonds is 9. The molecule has 1 unspecified atom stereocenters. The van der Waals surface area contributed by atoms with Crippen LogP contribution in [0.25, 0.3) is 0 Å². The van der Waals surface area contributed by atoms with Crippen molar-refractivity contribution in [1.82, 2.24) is 4.90 Å². The smallest absolute Gasteiger partial charge is 0.0331 e. The second-order valence-electron chi connectivity index (χ2n) is 5.92. The van der Waals surface area contributed by atoms with Gasteiger partial charge in [-0.2, -0.15) is 0 Å². The Morgan fingerprint density at radius 3 is 2.60 bits per heavy atom. The summed E-state index contributed by atoms with van der Waals surface area (Å²) in [6.07, 6.45) is 11.1. The highest BCUT2D eigenvalue weighted by Crippen LogP contribution is 2.32. The summed E-state index contributed by atoms with van der Waals surface area (Å²) in [5.74, 6) is 0.